The highest BCUT2D eigenvalue weighted by Gasteiger charge is 2.23. The van der Waals surface area contributed by atoms with E-state index in [2.05, 4.69) is 5.32 Å². The maximum atomic E-state index is 12.8. The lowest BCUT2D eigenvalue weighted by atomic mass is 9.93. The summed E-state index contributed by atoms with van der Waals surface area (Å²) in [4.78, 5) is 12.8. The minimum atomic E-state index is -0.921. The van der Waals surface area contributed by atoms with Crippen LogP contribution in [0.5, 0.6) is 11.5 Å². The predicted molar refractivity (Wildman–Crippen MR) is 123 cm³/mol. The molecular weight excluding hydrogens is 414 g/mol. The maximum Gasteiger partial charge on any atom is 0.224 e. The summed E-state index contributed by atoms with van der Waals surface area (Å²) in [6, 6.07) is 10.9. The van der Waals surface area contributed by atoms with Crippen molar-refractivity contribution >= 4 is 17.5 Å². The number of hydrogen-bond donors (Lipinski definition) is 2. The molecule has 0 bridgehead atoms. The van der Waals surface area contributed by atoms with Crippen molar-refractivity contribution in [1.82, 2.24) is 5.32 Å². The highest BCUT2D eigenvalue weighted by Crippen LogP contribution is 2.36. The van der Waals surface area contributed by atoms with Gasteiger partial charge in [-0.05, 0) is 67.6 Å². The number of nitrogens with one attached hydrogen (secondary N) is 1. The molecular formula is C25H32ClNO4. The molecule has 6 heteroatoms. The molecule has 0 spiro atoms. The second-order valence-electron chi connectivity index (χ2n) is 8.40. The summed E-state index contributed by atoms with van der Waals surface area (Å²) in [5, 5.41) is 14.9. The molecule has 0 saturated heterocycles. The number of carbonyl (C=O) groups excluding carboxylic acids is 1. The Bertz CT molecular complexity index is 876. The highest BCUT2D eigenvalue weighted by atomic mass is 35.5. The van der Waals surface area contributed by atoms with Crippen LogP contribution in [0.3, 0.4) is 0 Å². The first kappa shape index (κ1) is 23.4. The van der Waals surface area contributed by atoms with Crippen molar-refractivity contribution in [3.8, 4) is 11.5 Å². The molecule has 2 N–H and O–H groups in total. The number of aliphatic hydroxyl groups is 1. The summed E-state index contributed by atoms with van der Waals surface area (Å²) < 4.78 is 11.4. The smallest absolute Gasteiger partial charge is 0.224 e. The zero-order chi connectivity index (χ0) is 22.4. The summed E-state index contributed by atoms with van der Waals surface area (Å²) in [5.74, 6) is 1.04. The number of methoxy groups -OCH3 is 1. The Morgan fingerprint density at radius 3 is 2.42 bits per heavy atom. The third-order valence-corrected chi connectivity index (χ3v) is 5.84. The van der Waals surface area contributed by atoms with Crippen LogP contribution in [-0.2, 0) is 11.2 Å². The van der Waals surface area contributed by atoms with Gasteiger partial charge in [0, 0.05) is 11.1 Å². The Labute approximate surface area is 189 Å². The molecule has 1 fully saturated rings. The van der Waals surface area contributed by atoms with Gasteiger partial charge in [-0.25, -0.2) is 0 Å². The fourth-order valence-electron chi connectivity index (χ4n) is 4.05. The highest BCUT2D eigenvalue weighted by molar-refractivity contribution is 6.30. The number of aliphatic hydroxyl groups excluding tert-OH is 1. The molecule has 2 aromatic rings. The van der Waals surface area contributed by atoms with E-state index >= 15 is 0 Å². The lowest BCUT2D eigenvalue weighted by Crippen LogP contribution is -2.37. The van der Waals surface area contributed by atoms with E-state index in [-0.39, 0.29) is 24.5 Å². The molecule has 0 heterocycles. The van der Waals surface area contributed by atoms with Gasteiger partial charge in [0.25, 0.3) is 0 Å². The van der Waals surface area contributed by atoms with E-state index in [0.717, 1.165) is 25.7 Å². The van der Waals surface area contributed by atoms with Crippen LogP contribution in [0.25, 0.3) is 0 Å². The first-order valence-corrected chi connectivity index (χ1v) is 11.4. The largest absolute Gasteiger partial charge is 0.493 e. The molecule has 1 aliphatic rings. The van der Waals surface area contributed by atoms with E-state index in [1.807, 2.05) is 13.8 Å². The van der Waals surface area contributed by atoms with Crippen LogP contribution in [0, 0.1) is 0 Å². The van der Waals surface area contributed by atoms with Crippen LogP contribution in [0.2, 0.25) is 5.02 Å². The van der Waals surface area contributed by atoms with Crippen LogP contribution in [0.1, 0.15) is 68.7 Å². The molecule has 1 saturated carbocycles. The van der Waals surface area contributed by atoms with E-state index in [1.165, 1.54) is 6.42 Å². The van der Waals surface area contributed by atoms with Crippen LogP contribution < -0.4 is 14.8 Å². The van der Waals surface area contributed by atoms with Crippen molar-refractivity contribution in [2.75, 3.05) is 7.11 Å². The quantitative estimate of drug-likeness (QED) is 0.585. The van der Waals surface area contributed by atoms with E-state index in [9.17, 15) is 9.90 Å². The zero-order valence-electron chi connectivity index (χ0n) is 18.5. The molecule has 31 heavy (non-hydrogen) atoms. The molecule has 0 aliphatic heterocycles. The van der Waals surface area contributed by atoms with Crippen LogP contribution in [0.4, 0.5) is 0 Å². The normalized spacial score (nSPS) is 15.5. The predicted octanol–water partition coefficient (Wildman–Crippen LogP) is 5.21. The molecule has 0 aromatic heterocycles. The summed E-state index contributed by atoms with van der Waals surface area (Å²) in [6.07, 6.45) is 4.77. The lowest BCUT2D eigenvalue weighted by molar-refractivity contribution is -0.121. The van der Waals surface area contributed by atoms with Crippen molar-refractivity contribution in [1.29, 1.82) is 0 Å². The Kier molecular flexibility index (Phi) is 8.22. The van der Waals surface area contributed by atoms with Crippen molar-refractivity contribution in [2.45, 2.75) is 70.6 Å². The van der Waals surface area contributed by atoms with Gasteiger partial charge in [-0.1, -0.05) is 43.0 Å². The first-order chi connectivity index (χ1) is 14.9. The van der Waals surface area contributed by atoms with Crippen LogP contribution >= 0.6 is 11.6 Å². The van der Waals surface area contributed by atoms with Crippen LogP contribution in [-0.4, -0.2) is 30.3 Å². The monoisotopic (exact) mass is 445 g/mol. The minimum Gasteiger partial charge on any atom is -0.493 e. The van der Waals surface area contributed by atoms with Gasteiger partial charge in [-0.2, -0.15) is 0 Å². The third-order valence-electron chi connectivity index (χ3n) is 5.59. The average molecular weight is 446 g/mol. The Balaban J connectivity index is 1.92. The number of amides is 1. The number of benzene rings is 2. The molecule has 5 nitrogen and oxygen atoms in total. The number of carbonyl (C=O) groups is 1. The summed E-state index contributed by atoms with van der Waals surface area (Å²) in [7, 11) is 1.57. The molecule has 0 radical (unpaired) electrons. The molecule has 168 valence electrons. The number of halogens is 1. The maximum absolute atomic E-state index is 12.8. The molecule has 1 aliphatic carbocycles. The SMILES string of the molecule is COc1cc(CC(=O)NC2CCCCC2)c(C(O)c2ccc(Cl)cc2)cc1OC(C)C. The second kappa shape index (κ2) is 10.9. The van der Waals surface area contributed by atoms with Crippen molar-refractivity contribution < 1.29 is 19.4 Å². The van der Waals surface area contributed by atoms with Crippen molar-refractivity contribution in [3.05, 3.63) is 58.1 Å². The Hall–Kier alpha value is -2.24. The van der Waals surface area contributed by atoms with E-state index in [1.54, 1.807) is 43.5 Å². The first-order valence-electron chi connectivity index (χ1n) is 11.0. The van der Waals surface area contributed by atoms with Gasteiger partial charge >= 0.3 is 0 Å². The summed E-state index contributed by atoms with van der Waals surface area (Å²) in [6.45, 7) is 3.86. The van der Waals surface area contributed by atoms with Gasteiger partial charge < -0.3 is 19.9 Å². The minimum absolute atomic E-state index is 0.0453. The topological polar surface area (TPSA) is 67.8 Å². The van der Waals surface area contributed by atoms with Gasteiger partial charge in [0.15, 0.2) is 11.5 Å². The van der Waals surface area contributed by atoms with Gasteiger partial charge in [0.2, 0.25) is 5.91 Å². The molecule has 3 rings (SSSR count). The lowest BCUT2D eigenvalue weighted by Gasteiger charge is -2.24. The standard InChI is InChI=1S/C25H32ClNO4/c1-16(2)31-23-15-21(25(29)17-9-11-19(26)12-10-17)18(13-22(23)30-3)14-24(28)27-20-7-5-4-6-8-20/h9-13,15-16,20,25,29H,4-8,14H2,1-3H3,(H,27,28). The number of hydrogen-bond acceptors (Lipinski definition) is 4. The van der Waals surface area contributed by atoms with Gasteiger partial charge in [0.05, 0.1) is 19.6 Å². The summed E-state index contributed by atoms with van der Waals surface area (Å²) in [5.41, 5.74) is 2.03. The number of rotatable bonds is 8. The Morgan fingerprint density at radius 1 is 1.13 bits per heavy atom. The molecule has 1 unspecified atom stereocenters. The van der Waals surface area contributed by atoms with Gasteiger partial charge in [-0.3, -0.25) is 4.79 Å². The van der Waals surface area contributed by atoms with Crippen LogP contribution in [0.15, 0.2) is 36.4 Å². The molecule has 2 aromatic carbocycles. The van der Waals surface area contributed by atoms with Gasteiger partial charge in [-0.15, -0.1) is 0 Å². The van der Waals surface area contributed by atoms with E-state index in [0.29, 0.717) is 33.2 Å². The van der Waals surface area contributed by atoms with Crippen molar-refractivity contribution in [3.63, 3.8) is 0 Å². The van der Waals surface area contributed by atoms with Crippen molar-refractivity contribution in [2.24, 2.45) is 0 Å². The van der Waals surface area contributed by atoms with E-state index in [4.69, 9.17) is 21.1 Å². The molecule has 1 amide bonds. The number of ether oxygens (including phenoxy) is 2. The van der Waals surface area contributed by atoms with Gasteiger partial charge in [0.1, 0.15) is 6.10 Å². The third kappa shape index (κ3) is 6.37. The molecule has 1 atom stereocenters. The second-order valence-corrected chi connectivity index (χ2v) is 8.84. The summed E-state index contributed by atoms with van der Waals surface area (Å²) >= 11 is 6.01. The zero-order valence-corrected chi connectivity index (χ0v) is 19.2. The average Bonchev–Trinajstić information content (AvgIpc) is 2.74. The Morgan fingerprint density at radius 2 is 1.81 bits per heavy atom. The fraction of sp³-hybridized carbons (Fsp3) is 0.480. The van der Waals surface area contributed by atoms with E-state index < -0.39 is 6.10 Å². The fourth-order valence-corrected chi connectivity index (χ4v) is 4.18.